The number of amidine groups is 2. The number of rotatable bonds is 4. The molecule has 0 unspecified atom stereocenters. The van der Waals surface area contributed by atoms with Crippen LogP contribution in [0.15, 0.2) is 70.6 Å². The van der Waals surface area contributed by atoms with Crippen molar-refractivity contribution in [3.05, 3.63) is 71.8 Å². The van der Waals surface area contributed by atoms with Gasteiger partial charge in [-0.15, -0.1) is 0 Å². The average molecular weight is 383 g/mol. The summed E-state index contributed by atoms with van der Waals surface area (Å²) in [6.07, 6.45) is -0.0893. The largest absolute Gasteiger partial charge is 0.229 e. The molecule has 0 N–H and O–H groups in total. The number of hydrogen-bond acceptors (Lipinski definition) is 6. The first-order valence-electron chi connectivity index (χ1n) is 8.93. The van der Waals surface area contributed by atoms with Gasteiger partial charge in [0.1, 0.15) is 0 Å². The Bertz CT molecular complexity index is 738. The molecule has 2 aliphatic rings. The summed E-state index contributed by atoms with van der Waals surface area (Å²) in [6, 6.07) is 21.0. The number of thioether (sulfide) groups is 2. The normalized spacial score (nSPS) is 21.6. The van der Waals surface area contributed by atoms with E-state index in [2.05, 4.69) is 72.4 Å². The van der Waals surface area contributed by atoms with Gasteiger partial charge in [0.15, 0.2) is 22.7 Å². The fraction of sp³-hybridized carbons (Fsp3) is 0.300. The summed E-state index contributed by atoms with van der Waals surface area (Å²) < 4.78 is 0. The summed E-state index contributed by atoms with van der Waals surface area (Å²) in [5.74, 6) is 1.98. The molecule has 0 radical (unpaired) electrons. The third-order valence-corrected chi connectivity index (χ3v) is 5.97. The first-order chi connectivity index (χ1) is 12.8. The predicted molar refractivity (Wildman–Crippen MR) is 113 cm³/mol. The monoisotopic (exact) mass is 382 g/mol. The minimum Gasteiger partial charge on any atom is -0.229 e. The maximum Gasteiger partial charge on any atom is 0.183 e. The Morgan fingerprint density at radius 1 is 0.692 bits per heavy atom. The summed E-state index contributed by atoms with van der Waals surface area (Å²) in [7, 11) is 0. The van der Waals surface area contributed by atoms with Crippen LogP contribution in [0.25, 0.3) is 0 Å². The Kier molecular flexibility index (Phi) is 5.22. The van der Waals surface area contributed by atoms with Gasteiger partial charge in [0, 0.05) is 0 Å². The van der Waals surface area contributed by atoms with E-state index in [1.165, 1.54) is 11.1 Å². The van der Waals surface area contributed by atoms with Gasteiger partial charge in [0.25, 0.3) is 0 Å². The number of nitrogens with zero attached hydrogens (tertiary/aromatic N) is 4. The first-order valence-corrected chi connectivity index (χ1v) is 10.9. The fourth-order valence-corrected chi connectivity index (χ4v) is 4.72. The lowest BCUT2D eigenvalue weighted by atomic mass is 10.2. The molecular weight excluding hydrogens is 360 g/mol. The first kappa shape index (κ1) is 17.5. The molecule has 4 nitrogen and oxygen atoms in total. The van der Waals surface area contributed by atoms with Crippen molar-refractivity contribution in [1.82, 2.24) is 10.0 Å². The average Bonchev–Trinajstić information content (AvgIpc) is 3.24. The van der Waals surface area contributed by atoms with Gasteiger partial charge >= 0.3 is 0 Å². The molecule has 2 aromatic rings. The van der Waals surface area contributed by atoms with E-state index in [-0.39, 0.29) is 12.3 Å². The molecule has 2 heterocycles. The summed E-state index contributed by atoms with van der Waals surface area (Å²) in [6.45, 7) is 4.34. The quantitative estimate of drug-likeness (QED) is 0.732. The van der Waals surface area contributed by atoms with Crippen molar-refractivity contribution in [2.24, 2.45) is 9.98 Å². The van der Waals surface area contributed by atoms with Crippen LogP contribution < -0.4 is 0 Å². The maximum absolute atomic E-state index is 5.08. The lowest BCUT2D eigenvalue weighted by molar-refractivity contribution is 0.105. The maximum atomic E-state index is 5.08. The van der Waals surface area contributed by atoms with Gasteiger partial charge in [0.05, 0.1) is 0 Å². The lowest BCUT2D eigenvalue weighted by Crippen LogP contribution is -2.40. The van der Waals surface area contributed by atoms with Crippen molar-refractivity contribution in [2.75, 3.05) is 11.5 Å². The number of hydrogen-bond donors (Lipinski definition) is 0. The van der Waals surface area contributed by atoms with Crippen LogP contribution in [0, 0.1) is 0 Å². The number of benzene rings is 2. The molecule has 134 valence electrons. The highest BCUT2D eigenvalue weighted by Crippen LogP contribution is 2.45. The molecule has 0 spiro atoms. The zero-order valence-electron chi connectivity index (χ0n) is 14.9. The second-order valence-corrected chi connectivity index (χ2v) is 8.41. The van der Waals surface area contributed by atoms with Crippen molar-refractivity contribution >= 4 is 33.9 Å². The van der Waals surface area contributed by atoms with E-state index < -0.39 is 0 Å². The lowest BCUT2D eigenvalue weighted by Gasteiger charge is -2.31. The highest BCUT2D eigenvalue weighted by molar-refractivity contribution is 8.14. The molecule has 0 fully saturated rings. The summed E-state index contributed by atoms with van der Waals surface area (Å²) in [4.78, 5) is 10.2. The highest BCUT2D eigenvalue weighted by atomic mass is 32.2. The van der Waals surface area contributed by atoms with Crippen LogP contribution in [-0.4, -0.2) is 31.9 Å². The van der Waals surface area contributed by atoms with Crippen LogP contribution in [0.2, 0.25) is 0 Å². The van der Waals surface area contributed by atoms with Gasteiger partial charge in [-0.05, 0) is 22.6 Å². The van der Waals surface area contributed by atoms with Crippen LogP contribution in [-0.2, 0) is 0 Å². The minimum absolute atomic E-state index is 0.0447. The van der Waals surface area contributed by atoms with E-state index in [1.807, 2.05) is 12.1 Å². The molecular formula is C20H22N4S2. The summed E-state index contributed by atoms with van der Waals surface area (Å²) in [5, 5.41) is 6.65. The van der Waals surface area contributed by atoms with Crippen LogP contribution in [0.4, 0.5) is 0 Å². The van der Waals surface area contributed by atoms with Crippen molar-refractivity contribution in [2.45, 2.75) is 26.2 Å². The zero-order chi connectivity index (χ0) is 17.9. The Morgan fingerprint density at radius 3 is 1.42 bits per heavy atom. The summed E-state index contributed by atoms with van der Waals surface area (Å²) in [5.41, 5.74) is 2.39. The van der Waals surface area contributed by atoms with Gasteiger partial charge in [0.2, 0.25) is 0 Å². The second kappa shape index (κ2) is 7.76. The van der Waals surface area contributed by atoms with Crippen LogP contribution in [0.5, 0.6) is 0 Å². The number of fused-ring (bicyclic) bond motifs is 1. The van der Waals surface area contributed by atoms with Crippen molar-refractivity contribution < 1.29 is 0 Å². The van der Waals surface area contributed by atoms with Crippen LogP contribution in [0.1, 0.15) is 37.3 Å². The van der Waals surface area contributed by atoms with Gasteiger partial charge in [-0.1, -0.05) is 98.0 Å². The van der Waals surface area contributed by atoms with E-state index >= 15 is 0 Å². The molecule has 0 aromatic heterocycles. The van der Waals surface area contributed by atoms with E-state index in [9.17, 15) is 0 Å². The molecule has 2 aliphatic heterocycles. The van der Waals surface area contributed by atoms with Gasteiger partial charge in [-0.3, -0.25) is 0 Å². The van der Waals surface area contributed by atoms with Gasteiger partial charge < -0.3 is 0 Å². The zero-order valence-corrected chi connectivity index (χ0v) is 16.6. The highest BCUT2D eigenvalue weighted by Gasteiger charge is 2.46. The third kappa shape index (κ3) is 3.12. The molecule has 0 saturated heterocycles. The molecule has 0 saturated carbocycles. The number of hydrazine groups is 1. The van der Waals surface area contributed by atoms with Crippen molar-refractivity contribution in [3.63, 3.8) is 0 Å². The molecule has 0 bridgehead atoms. The topological polar surface area (TPSA) is 31.2 Å². The summed E-state index contributed by atoms with van der Waals surface area (Å²) >= 11 is 3.57. The van der Waals surface area contributed by atoms with Gasteiger partial charge in [-0.2, -0.15) is 0 Å². The second-order valence-electron chi connectivity index (χ2n) is 5.95. The van der Waals surface area contributed by atoms with E-state index in [4.69, 9.17) is 9.98 Å². The Labute approximate surface area is 163 Å². The SMILES string of the molecule is CCSC1=N[C@@H](c2ccccc2)N2C(SCC)=N[C@H](c3ccccc3)N12. The smallest absolute Gasteiger partial charge is 0.183 e. The van der Waals surface area contributed by atoms with Crippen molar-refractivity contribution in [1.29, 1.82) is 0 Å². The standard InChI is InChI=1S/C20H22N4S2/c1-3-25-19-21-17(15-11-7-5-8-12-15)24-20(26-4-2)22-18(23(19)24)16-13-9-6-10-14-16/h5-14,17-18H,3-4H2,1-2H3/t17-,18+. The molecule has 2 atom stereocenters. The molecule has 2 aromatic carbocycles. The Morgan fingerprint density at radius 2 is 1.08 bits per heavy atom. The van der Waals surface area contributed by atoms with Crippen molar-refractivity contribution in [3.8, 4) is 0 Å². The van der Waals surface area contributed by atoms with Crippen LogP contribution in [0.3, 0.4) is 0 Å². The van der Waals surface area contributed by atoms with Crippen LogP contribution >= 0.6 is 23.5 Å². The van der Waals surface area contributed by atoms with E-state index in [0.717, 1.165) is 21.8 Å². The molecule has 6 heteroatoms. The third-order valence-electron chi connectivity index (χ3n) is 4.30. The molecule has 4 rings (SSSR count). The molecule has 0 aliphatic carbocycles. The Hall–Kier alpha value is -1.92. The Balaban J connectivity index is 1.77. The number of aliphatic imine (C=N–C) groups is 2. The van der Waals surface area contributed by atoms with Gasteiger partial charge in [-0.25, -0.2) is 20.0 Å². The fourth-order valence-electron chi connectivity index (χ4n) is 3.21. The van der Waals surface area contributed by atoms with E-state index in [1.54, 1.807) is 23.5 Å². The predicted octanol–water partition coefficient (Wildman–Crippen LogP) is 5.15. The minimum atomic E-state index is -0.0447. The molecule has 26 heavy (non-hydrogen) atoms. The van der Waals surface area contributed by atoms with E-state index in [0.29, 0.717) is 0 Å². The molecule has 0 amide bonds.